The third-order valence-corrected chi connectivity index (χ3v) is 4.64. The molecule has 0 aliphatic rings. The predicted octanol–water partition coefficient (Wildman–Crippen LogP) is 3.62. The Kier molecular flexibility index (Phi) is 6.55. The Morgan fingerprint density at radius 3 is 2.71 bits per heavy atom. The molecule has 28 heavy (non-hydrogen) atoms. The van der Waals surface area contributed by atoms with Crippen molar-refractivity contribution in [2.45, 2.75) is 19.4 Å². The minimum Gasteiger partial charge on any atom is -0.493 e. The van der Waals surface area contributed by atoms with Crippen LogP contribution in [-0.2, 0) is 16.0 Å². The molecule has 2 aromatic carbocycles. The van der Waals surface area contributed by atoms with Crippen LogP contribution >= 0.6 is 0 Å². The number of aromatic amines is 1. The van der Waals surface area contributed by atoms with Crippen molar-refractivity contribution < 1.29 is 19.0 Å². The van der Waals surface area contributed by atoms with E-state index in [0.717, 1.165) is 22.0 Å². The number of para-hydroxylation sites is 1. The second-order valence-corrected chi connectivity index (χ2v) is 6.58. The smallest absolute Gasteiger partial charge is 0.224 e. The third-order valence-electron chi connectivity index (χ3n) is 4.64. The Bertz CT molecular complexity index is 935. The molecule has 0 fully saturated rings. The van der Waals surface area contributed by atoms with Crippen LogP contribution in [0, 0.1) is 0 Å². The van der Waals surface area contributed by atoms with Gasteiger partial charge in [0, 0.05) is 24.2 Å². The van der Waals surface area contributed by atoms with Crippen LogP contribution in [0.15, 0.2) is 48.7 Å². The zero-order valence-electron chi connectivity index (χ0n) is 16.5. The van der Waals surface area contributed by atoms with Gasteiger partial charge >= 0.3 is 0 Å². The number of methoxy groups -OCH3 is 2. The lowest BCUT2D eigenvalue weighted by atomic mass is 10.1. The molecule has 0 aliphatic carbocycles. The molecule has 2 N–H and O–H groups in total. The van der Waals surface area contributed by atoms with Crippen molar-refractivity contribution in [3.8, 4) is 11.5 Å². The quantitative estimate of drug-likeness (QED) is 0.555. The topological polar surface area (TPSA) is 72.6 Å². The van der Waals surface area contributed by atoms with Gasteiger partial charge in [-0.05, 0) is 36.2 Å². The summed E-state index contributed by atoms with van der Waals surface area (Å²) in [6.45, 7) is 2.90. The molecule has 3 rings (SSSR count). The molecule has 0 bridgehead atoms. The van der Waals surface area contributed by atoms with Gasteiger partial charge in [0.15, 0.2) is 11.5 Å². The van der Waals surface area contributed by atoms with E-state index in [1.54, 1.807) is 14.2 Å². The first-order valence-corrected chi connectivity index (χ1v) is 9.26. The van der Waals surface area contributed by atoms with E-state index < -0.39 is 0 Å². The van der Waals surface area contributed by atoms with Gasteiger partial charge in [-0.25, -0.2) is 0 Å². The lowest BCUT2D eigenvalue weighted by Crippen LogP contribution is -2.28. The van der Waals surface area contributed by atoms with Gasteiger partial charge in [-0.1, -0.05) is 24.3 Å². The van der Waals surface area contributed by atoms with E-state index in [0.29, 0.717) is 31.1 Å². The summed E-state index contributed by atoms with van der Waals surface area (Å²) in [4.78, 5) is 15.7. The molecule has 3 aromatic rings. The number of H-pyrrole nitrogens is 1. The standard InChI is InChI=1S/C22H26N2O4/c1-15(16-8-9-20(21(12-16)27-3)28-11-10-26-2)24-22(25)13-17-14-23-19-7-5-4-6-18(17)19/h4-9,12,14-15,23H,10-11,13H2,1-3H3,(H,24,25)/t15-/m0/s1. The number of ether oxygens (including phenoxy) is 3. The summed E-state index contributed by atoms with van der Waals surface area (Å²) >= 11 is 0. The number of hydrogen-bond acceptors (Lipinski definition) is 4. The van der Waals surface area contributed by atoms with Crippen molar-refractivity contribution in [2.75, 3.05) is 27.4 Å². The number of fused-ring (bicyclic) bond motifs is 1. The molecule has 6 nitrogen and oxygen atoms in total. The number of nitrogens with one attached hydrogen (secondary N) is 2. The third kappa shape index (κ3) is 4.64. The Morgan fingerprint density at radius 2 is 1.93 bits per heavy atom. The predicted molar refractivity (Wildman–Crippen MR) is 109 cm³/mol. The average Bonchev–Trinajstić information content (AvgIpc) is 3.11. The van der Waals surface area contributed by atoms with Crippen LogP contribution in [0.2, 0.25) is 0 Å². The highest BCUT2D eigenvalue weighted by Crippen LogP contribution is 2.30. The molecule has 1 amide bonds. The van der Waals surface area contributed by atoms with Crippen LogP contribution in [-0.4, -0.2) is 38.3 Å². The van der Waals surface area contributed by atoms with Gasteiger partial charge in [-0.3, -0.25) is 4.79 Å². The zero-order chi connectivity index (χ0) is 19.9. The number of amides is 1. The maximum absolute atomic E-state index is 12.5. The van der Waals surface area contributed by atoms with Crippen LogP contribution in [0.25, 0.3) is 10.9 Å². The van der Waals surface area contributed by atoms with Crippen molar-refractivity contribution in [1.82, 2.24) is 10.3 Å². The van der Waals surface area contributed by atoms with Crippen molar-refractivity contribution in [2.24, 2.45) is 0 Å². The van der Waals surface area contributed by atoms with Gasteiger partial charge in [0.1, 0.15) is 6.61 Å². The average molecular weight is 382 g/mol. The molecule has 0 spiro atoms. The fourth-order valence-corrected chi connectivity index (χ4v) is 3.13. The number of benzene rings is 2. The molecule has 0 saturated heterocycles. The Morgan fingerprint density at radius 1 is 1.11 bits per heavy atom. The summed E-state index contributed by atoms with van der Waals surface area (Å²) in [5.74, 6) is 1.25. The van der Waals surface area contributed by atoms with Crippen LogP contribution in [0.5, 0.6) is 11.5 Å². The van der Waals surface area contributed by atoms with E-state index in [4.69, 9.17) is 14.2 Å². The molecular weight excluding hydrogens is 356 g/mol. The Balaban J connectivity index is 1.64. The van der Waals surface area contributed by atoms with E-state index >= 15 is 0 Å². The fraction of sp³-hybridized carbons (Fsp3) is 0.318. The van der Waals surface area contributed by atoms with Gasteiger partial charge in [-0.2, -0.15) is 0 Å². The van der Waals surface area contributed by atoms with Crippen molar-refractivity contribution >= 4 is 16.8 Å². The molecule has 0 unspecified atom stereocenters. The van der Waals surface area contributed by atoms with Gasteiger partial charge < -0.3 is 24.5 Å². The van der Waals surface area contributed by atoms with Crippen molar-refractivity contribution in [1.29, 1.82) is 0 Å². The van der Waals surface area contributed by atoms with Crippen LogP contribution in [0.4, 0.5) is 0 Å². The number of carbonyl (C=O) groups is 1. The maximum atomic E-state index is 12.5. The highest BCUT2D eigenvalue weighted by atomic mass is 16.5. The minimum atomic E-state index is -0.153. The number of hydrogen-bond donors (Lipinski definition) is 2. The van der Waals surface area contributed by atoms with E-state index in [-0.39, 0.29) is 11.9 Å². The lowest BCUT2D eigenvalue weighted by Gasteiger charge is -2.17. The Labute approximate surface area is 164 Å². The van der Waals surface area contributed by atoms with E-state index in [9.17, 15) is 4.79 Å². The first-order chi connectivity index (χ1) is 13.6. The second-order valence-electron chi connectivity index (χ2n) is 6.58. The van der Waals surface area contributed by atoms with E-state index in [1.165, 1.54) is 0 Å². The first kappa shape index (κ1) is 19.8. The van der Waals surface area contributed by atoms with Gasteiger partial charge in [0.25, 0.3) is 0 Å². The highest BCUT2D eigenvalue weighted by molar-refractivity contribution is 5.89. The number of rotatable bonds is 9. The van der Waals surface area contributed by atoms with Gasteiger partial charge in [0.2, 0.25) is 5.91 Å². The SMILES string of the molecule is COCCOc1ccc([C@H](C)NC(=O)Cc2c[nH]c3ccccc23)cc1OC. The van der Waals surface area contributed by atoms with Crippen molar-refractivity contribution in [3.63, 3.8) is 0 Å². The molecule has 1 heterocycles. The van der Waals surface area contributed by atoms with Gasteiger partial charge in [-0.15, -0.1) is 0 Å². The summed E-state index contributed by atoms with van der Waals surface area (Å²) in [5, 5.41) is 4.13. The van der Waals surface area contributed by atoms with Crippen LogP contribution < -0.4 is 14.8 Å². The summed E-state index contributed by atoms with van der Waals surface area (Å²) in [6, 6.07) is 13.5. The fourth-order valence-electron chi connectivity index (χ4n) is 3.13. The molecule has 0 aliphatic heterocycles. The molecule has 1 atom stereocenters. The molecule has 6 heteroatoms. The maximum Gasteiger partial charge on any atom is 0.224 e. The normalized spacial score (nSPS) is 12.0. The molecule has 0 saturated carbocycles. The van der Waals surface area contributed by atoms with E-state index in [1.807, 2.05) is 55.6 Å². The highest BCUT2D eigenvalue weighted by Gasteiger charge is 2.15. The summed E-state index contributed by atoms with van der Waals surface area (Å²) < 4.78 is 16.1. The molecule has 1 aromatic heterocycles. The Hall–Kier alpha value is -2.99. The lowest BCUT2D eigenvalue weighted by molar-refractivity contribution is -0.121. The molecular formula is C22H26N2O4. The summed E-state index contributed by atoms with van der Waals surface area (Å²) in [6.07, 6.45) is 2.22. The largest absolute Gasteiger partial charge is 0.493 e. The second kappa shape index (κ2) is 9.28. The molecule has 0 radical (unpaired) electrons. The summed E-state index contributed by atoms with van der Waals surface area (Å²) in [5.41, 5.74) is 2.97. The minimum absolute atomic E-state index is 0.0309. The van der Waals surface area contributed by atoms with Gasteiger partial charge in [0.05, 0.1) is 26.2 Å². The zero-order valence-corrected chi connectivity index (χ0v) is 16.5. The number of carbonyl (C=O) groups excluding carboxylic acids is 1. The first-order valence-electron chi connectivity index (χ1n) is 9.26. The summed E-state index contributed by atoms with van der Waals surface area (Å²) in [7, 11) is 3.23. The van der Waals surface area contributed by atoms with E-state index in [2.05, 4.69) is 10.3 Å². The monoisotopic (exact) mass is 382 g/mol. The van der Waals surface area contributed by atoms with Crippen LogP contribution in [0.1, 0.15) is 24.1 Å². The molecule has 148 valence electrons. The number of aromatic nitrogens is 1. The van der Waals surface area contributed by atoms with Crippen LogP contribution in [0.3, 0.4) is 0 Å². The van der Waals surface area contributed by atoms with Crippen molar-refractivity contribution in [3.05, 3.63) is 59.8 Å².